The van der Waals surface area contributed by atoms with Crippen LogP contribution >= 0.6 is 0 Å². The number of carbonyl (C=O) groups is 2. The number of hydrogen-bond acceptors (Lipinski definition) is 3. The summed E-state index contributed by atoms with van der Waals surface area (Å²) in [6, 6.07) is 7.90. The van der Waals surface area contributed by atoms with E-state index < -0.39 is 0 Å². The van der Waals surface area contributed by atoms with Crippen molar-refractivity contribution >= 4 is 22.6 Å². The molecule has 1 aliphatic carbocycles. The maximum atomic E-state index is 12.7. The molecule has 2 fully saturated rings. The highest BCUT2D eigenvalue weighted by Gasteiger charge is 2.29. The van der Waals surface area contributed by atoms with Crippen molar-refractivity contribution in [2.75, 3.05) is 32.7 Å². The van der Waals surface area contributed by atoms with Crippen molar-refractivity contribution in [3.63, 3.8) is 0 Å². The van der Waals surface area contributed by atoms with Crippen molar-refractivity contribution in [3.05, 3.63) is 36.0 Å². The van der Waals surface area contributed by atoms with Crippen LogP contribution in [-0.2, 0) is 4.79 Å². The van der Waals surface area contributed by atoms with Crippen molar-refractivity contribution in [2.24, 2.45) is 5.92 Å². The lowest BCUT2D eigenvalue weighted by molar-refractivity contribution is -0.138. The molecule has 138 valence electrons. The van der Waals surface area contributed by atoms with Crippen LogP contribution in [0.5, 0.6) is 0 Å². The fraction of sp³-hybridized carbons (Fsp3) is 0.524. The molecule has 5 heteroatoms. The van der Waals surface area contributed by atoms with Gasteiger partial charge in [0.05, 0.1) is 6.54 Å². The maximum absolute atomic E-state index is 12.7. The molecule has 0 unspecified atom stereocenters. The molecule has 0 spiro atoms. The van der Waals surface area contributed by atoms with Crippen LogP contribution in [0.4, 0.5) is 0 Å². The number of aromatic amines is 1. The molecular weight excluding hydrogens is 326 g/mol. The summed E-state index contributed by atoms with van der Waals surface area (Å²) in [6.07, 6.45) is 7.57. The van der Waals surface area contributed by atoms with Gasteiger partial charge in [0.25, 0.3) is 0 Å². The smallest absolute Gasteiger partial charge is 0.225 e. The minimum atomic E-state index is 0.148. The number of H-pyrrole nitrogens is 1. The maximum Gasteiger partial charge on any atom is 0.225 e. The van der Waals surface area contributed by atoms with Crippen molar-refractivity contribution in [2.45, 2.75) is 32.1 Å². The summed E-state index contributed by atoms with van der Waals surface area (Å²) in [4.78, 5) is 32.7. The first-order valence-electron chi connectivity index (χ1n) is 9.83. The van der Waals surface area contributed by atoms with E-state index in [-0.39, 0.29) is 11.7 Å². The number of benzene rings is 1. The zero-order valence-corrected chi connectivity index (χ0v) is 15.2. The van der Waals surface area contributed by atoms with Gasteiger partial charge in [0, 0.05) is 54.8 Å². The molecule has 1 amide bonds. The normalized spacial score (nSPS) is 19.8. The average Bonchev–Trinajstić information content (AvgIpc) is 3.13. The van der Waals surface area contributed by atoms with E-state index in [2.05, 4.69) is 9.88 Å². The van der Waals surface area contributed by atoms with Crippen LogP contribution < -0.4 is 0 Å². The van der Waals surface area contributed by atoms with Crippen LogP contribution in [0.3, 0.4) is 0 Å². The van der Waals surface area contributed by atoms with Gasteiger partial charge in [-0.05, 0) is 18.9 Å². The molecule has 1 aromatic heterocycles. The number of ketones is 1. The second-order valence-corrected chi connectivity index (χ2v) is 7.61. The first kappa shape index (κ1) is 17.3. The van der Waals surface area contributed by atoms with Gasteiger partial charge in [-0.2, -0.15) is 0 Å². The van der Waals surface area contributed by atoms with Crippen LogP contribution in [0.25, 0.3) is 10.9 Å². The molecular formula is C21H27N3O2. The van der Waals surface area contributed by atoms with Gasteiger partial charge < -0.3 is 9.88 Å². The highest BCUT2D eigenvalue weighted by Crippen LogP contribution is 2.26. The number of amides is 1. The number of hydrogen-bond donors (Lipinski definition) is 1. The van der Waals surface area contributed by atoms with Crippen LogP contribution in [0.1, 0.15) is 42.5 Å². The predicted molar refractivity (Wildman–Crippen MR) is 102 cm³/mol. The molecule has 2 aromatic rings. The number of nitrogens with one attached hydrogen (secondary N) is 1. The molecule has 5 nitrogen and oxygen atoms in total. The van der Waals surface area contributed by atoms with E-state index in [9.17, 15) is 9.59 Å². The molecule has 2 aliphatic rings. The molecule has 0 bridgehead atoms. The summed E-state index contributed by atoms with van der Waals surface area (Å²) in [5, 5.41) is 0.989. The first-order valence-corrected chi connectivity index (χ1v) is 9.83. The molecule has 4 rings (SSSR count). The number of piperazine rings is 1. The van der Waals surface area contributed by atoms with Crippen LogP contribution in [0.15, 0.2) is 30.5 Å². The first-order chi connectivity index (χ1) is 12.7. The number of rotatable bonds is 4. The van der Waals surface area contributed by atoms with E-state index >= 15 is 0 Å². The van der Waals surface area contributed by atoms with Crippen molar-refractivity contribution < 1.29 is 9.59 Å². The molecule has 26 heavy (non-hydrogen) atoms. The largest absolute Gasteiger partial charge is 0.360 e. The van der Waals surface area contributed by atoms with Gasteiger partial charge in [0.2, 0.25) is 5.91 Å². The van der Waals surface area contributed by atoms with Gasteiger partial charge in [-0.15, -0.1) is 0 Å². The van der Waals surface area contributed by atoms with Crippen molar-refractivity contribution in [3.8, 4) is 0 Å². The molecule has 1 saturated carbocycles. The number of aromatic nitrogens is 1. The van der Waals surface area contributed by atoms with E-state index in [1.54, 1.807) is 0 Å². The van der Waals surface area contributed by atoms with Gasteiger partial charge in [-0.1, -0.05) is 37.5 Å². The highest BCUT2D eigenvalue weighted by atomic mass is 16.2. The van der Waals surface area contributed by atoms with Crippen LogP contribution in [0, 0.1) is 5.92 Å². The van der Waals surface area contributed by atoms with E-state index in [0.29, 0.717) is 12.5 Å². The Hall–Kier alpha value is -2.14. The fourth-order valence-electron chi connectivity index (χ4n) is 4.32. The van der Waals surface area contributed by atoms with Crippen molar-refractivity contribution in [1.29, 1.82) is 0 Å². The molecule has 1 aromatic carbocycles. The average molecular weight is 353 g/mol. The second kappa shape index (κ2) is 7.62. The summed E-state index contributed by atoms with van der Waals surface area (Å²) in [7, 11) is 0. The van der Waals surface area contributed by atoms with E-state index in [1.165, 1.54) is 19.3 Å². The lowest BCUT2D eigenvalue weighted by Crippen LogP contribution is -2.51. The Morgan fingerprint density at radius 2 is 1.73 bits per heavy atom. The zero-order chi connectivity index (χ0) is 17.9. The fourth-order valence-corrected chi connectivity index (χ4v) is 4.32. The van der Waals surface area contributed by atoms with Crippen LogP contribution in [0.2, 0.25) is 0 Å². The Bertz CT molecular complexity index is 783. The molecule has 0 atom stereocenters. The number of Topliss-reactive ketones (excluding diaryl/α,β-unsaturated/α-hetero) is 1. The zero-order valence-electron chi connectivity index (χ0n) is 15.2. The van der Waals surface area contributed by atoms with Gasteiger partial charge >= 0.3 is 0 Å². The van der Waals surface area contributed by atoms with Crippen molar-refractivity contribution in [1.82, 2.24) is 14.8 Å². The Labute approximate surface area is 154 Å². The summed E-state index contributed by atoms with van der Waals surface area (Å²) in [6.45, 7) is 3.49. The van der Waals surface area contributed by atoms with Crippen LogP contribution in [-0.4, -0.2) is 59.2 Å². The second-order valence-electron chi connectivity index (χ2n) is 7.61. The molecule has 0 radical (unpaired) electrons. The van der Waals surface area contributed by atoms with Gasteiger partial charge in [0.1, 0.15) is 0 Å². The molecule has 2 heterocycles. The Kier molecular flexibility index (Phi) is 5.07. The Balaban J connectivity index is 1.32. The minimum Gasteiger partial charge on any atom is -0.360 e. The summed E-state index contributed by atoms with van der Waals surface area (Å²) in [5.74, 6) is 0.727. The van der Waals surface area contributed by atoms with Gasteiger partial charge in [0.15, 0.2) is 5.78 Å². The predicted octanol–water partition coefficient (Wildman–Crippen LogP) is 3.08. The van der Waals surface area contributed by atoms with Gasteiger partial charge in [-0.25, -0.2) is 0 Å². The van der Waals surface area contributed by atoms with Gasteiger partial charge in [-0.3, -0.25) is 14.5 Å². The standard InChI is InChI=1S/C21H27N3O2/c25-20(18-14-22-19-9-5-4-8-17(18)19)15-23-10-12-24(13-11-23)21(26)16-6-2-1-3-7-16/h4-5,8-9,14,16,22H,1-3,6-7,10-13,15H2. The quantitative estimate of drug-likeness (QED) is 0.860. The molecule has 1 N–H and O–H groups in total. The SMILES string of the molecule is O=C(CN1CCN(C(=O)C2CCCCC2)CC1)c1c[nH]c2ccccc12. The summed E-state index contributed by atoms with van der Waals surface area (Å²) < 4.78 is 0. The number of carbonyl (C=O) groups excluding carboxylic acids is 2. The highest BCUT2D eigenvalue weighted by molar-refractivity contribution is 6.08. The Morgan fingerprint density at radius 1 is 1.00 bits per heavy atom. The third-order valence-corrected chi connectivity index (χ3v) is 5.90. The molecule has 1 saturated heterocycles. The number of nitrogens with zero attached hydrogens (tertiary/aromatic N) is 2. The third kappa shape index (κ3) is 3.54. The summed E-state index contributed by atoms with van der Waals surface area (Å²) in [5.41, 5.74) is 1.76. The Morgan fingerprint density at radius 3 is 2.50 bits per heavy atom. The number of para-hydroxylation sites is 1. The molecule has 1 aliphatic heterocycles. The monoisotopic (exact) mass is 353 g/mol. The summed E-state index contributed by atoms with van der Waals surface area (Å²) >= 11 is 0. The van der Waals surface area contributed by atoms with E-state index in [0.717, 1.165) is 55.5 Å². The van der Waals surface area contributed by atoms with E-state index in [1.807, 2.05) is 35.4 Å². The number of fused-ring (bicyclic) bond motifs is 1. The lowest BCUT2D eigenvalue weighted by atomic mass is 9.88. The topological polar surface area (TPSA) is 56.4 Å². The van der Waals surface area contributed by atoms with E-state index in [4.69, 9.17) is 0 Å². The minimum absolute atomic E-state index is 0.148. The lowest BCUT2D eigenvalue weighted by Gasteiger charge is -2.36. The third-order valence-electron chi connectivity index (χ3n) is 5.90.